The Morgan fingerprint density at radius 3 is 1.32 bits per heavy atom. The zero-order valence-electron chi connectivity index (χ0n) is 28.5. The highest BCUT2D eigenvalue weighted by Crippen LogP contribution is 2.16. The van der Waals surface area contributed by atoms with Gasteiger partial charge in [-0.05, 0) is 81.5 Å². The summed E-state index contributed by atoms with van der Waals surface area (Å²) in [5.41, 5.74) is 0.0554. The highest BCUT2D eigenvalue weighted by atomic mass is 35.5. The molecule has 0 bridgehead atoms. The lowest BCUT2D eigenvalue weighted by atomic mass is 10.4. The Labute approximate surface area is 325 Å². The van der Waals surface area contributed by atoms with Crippen LogP contribution >= 0.6 is 12.4 Å². The highest BCUT2D eigenvalue weighted by Gasteiger charge is 2.15. The second-order valence-electron chi connectivity index (χ2n) is 10.6. The normalized spacial score (nSPS) is 11.5. The summed E-state index contributed by atoms with van der Waals surface area (Å²) in [5, 5.41) is 18.7. The number of tetrazole rings is 2. The molecule has 0 fully saturated rings. The van der Waals surface area contributed by atoms with Gasteiger partial charge in [0, 0.05) is 29.4 Å². The summed E-state index contributed by atoms with van der Waals surface area (Å²) in [5.74, 6) is 0. The highest BCUT2D eigenvalue weighted by molar-refractivity contribution is 7.97. The Hall–Kier alpha value is -6.68. The molecule has 3 aromatic carbocycles. The average Bonchev–Trinajstić information content (AvgIpc) is 3.83. The van der Waals surface area contributed by atoms with E-state index < -0.39 is 35.2 Å². The molecule has 0 spiro atoms. The van der Waals surface area contributed by atoms with Gasteiger partial charge in [-0.15, -0.1) is 12.4 Å². The van der Waals surface area contributed by atoms with Crippen molar-refractivity contribution < 1.29 is 25.3 Å². The van der Waals surface area contributed by atoms with Crippen molar-refractivity contribution in [2.45, 2.75) is 14.7 Å². The van der Waals surface area contributed by atoms with Crippen molar-refractivity contribution in [3.05, 3.63) is 177 Å². The van der Waals surface area contributed by atoms with E-state index in [0.29, 0.717) is 22.2 Å². The van der Waals surface area contributed by atoms with Crippen LogP contribution in [0, 0.1) is 0 Å². The molecule has 0 aliphatic rings. The van der Waals surface area contributed by atoms with E-state index in [4.69, 9.17) is 0 Å². The SMILES string of the molecule is Cl.O=S(=O)(/C=C/S(=O)(=O)c1ccccc1)c1ccccc1.O=c1[nH]nnn1-c1cccnc1.O=c1n(/C=C/S(=O)(=O)c2ccccc2)nnn1-c1cccnc1. The van der Waals surface area contributed by atoms with Crippen molar-refractivity contribution >= 4 is 48.1 Å². The Morgan fingerprint density at radius 1 is 0.500 bits per heavy atom. The van der Waals surface area contributed by atoms with Gasteiger partial charge in [0.05, 0.1) is 43.9 Å². The van der Waals surface area contributed by atoms with E-state index in [-0.39, 0.29) is 32.8 Å². The largest absolute Gasteiger partial charge is 0.372 e. The number of pyridine rings is 2. The monoisotopic (exact) mass is 836 g/mol. The van der Waals surface area contributed by atoms with Gasteiger partial charge < -0.3 is 0 Å². The van der Waals surface area contributed by atoms with E-state index in [1.807, 2.05) is 0 Å². The first-order chi connectivity index (χ1) is 26.4. The minimum Gasteiger partial charge on any atom is -0.262 e. The van der Waals surface area contributed by atoms with Crippen molar-refractivity contribution in [1.29, 1.82) is 0 Å². The third-order valence-electron chi connectivity index (χ3n) is 6.87. The summed E-state index contributed by atoms with van der Waals surface area (Å²) in [6.07, 6.45) is 7.22. The van der Waals surface area contributed by atoms with Gasteiger partial charge in [-0.2, -0.15) is 14.0 Å². The molecule has 4 heterocycles. The summed E-state index contributed by atoms with van der Waals surface area (Å²) < 4.78 is 75.1. The maximum atomic E-state index is 12.1. The molecule has 1 N–H and O–H groups in total. The van der Waals surface area contributed by atoms with Crippen LogP contribution in [0.5, 0.6) is 0 Å². The fourth-order valence-electron chi connectivity index (χ4n) is 4.19. The van der Waals surface area contributed by atoms with E-state index in [9.17, 15) is 34.8 Å². The number of benzene rings is 3. The number of aromatic amines is 1. The van der Waals surface area contributed by atoms with Crippen LogP contribution in [0.1, 0.15) is 0 Å². The van der Waals surface area contributed by atoms with Crippen LogP contribution in [0.15, 0.2) is 181 Å². The number of halogens is 1. The van der Waals surface area contributed by atoms with E-state index >= 15 is 0 Å². The standard InChI is InChI=1S/C14H11N5O3S.C14H12O4S2.C6H5N5O.ClH/c20-14-18(16-17-19(14)12-5-4-8-15-11-12)9-10-23(21,22)13-6-2-1-3-7-13;15-19(16,13-7-3-1-4-8-13)11-12-20(17,18)14-9-5-2-6-10-14;12-6-8-9-10-11(6)5-2-1-3-7-4-5;/h1-11H;1-12H;1-4H,(H,8,10,12);1H/b10-9+;12-11+;;. The third kappa shape index (κ3) is 11.2. The molecular formula is C34H29ClN10O8S3. The van der Waals surface area contributed by atoms with E-state index in [0.717, 1.165) is 25.7 Å². The number of aromatic nitrogens is 10. The predicted octanol–water partition coefficient (Wildman–Crippen LogP) is 2.90. The van der Waals surface area contributed by atoms with Crippen molar-refractivity contribution in [3.63, 3.8) is 0 Å². The van der Waals surface area contributed by atoms with Crippen LogP contribution in [-0.2, 0) is 29.5 Å². The molecular weight excluding hydrogens is 808 g/mol. The minimum atomic E-state index is -3.76. The number of rotatable bonds is 9. The molecule has 22 heteroatoms. The Balaban J connectivity index is 0.000000193. The van der Waals surface area contributed by atoms with Gasteiger partial charge in [0.1, 0.15) is 0 Å². The fourth-order valence-corrected chi connectivity index (χ4v) is 7.71. The molecule has 0 saturated carbocycles. The molecule has 288 valence electrons. The van der Waals surface area contributed by atoms with Crippen LogP contribution in [0.25, 0.3) is 17.6 Å². The molecule has 18 nitrogen and oxygen atoms in total. The van der Waals surface area contributed by atoms with Gasteiger partial charge in [0.25, 0.3) is 0 Å². The molecule has 0 saturated heterocycles. The first kappa shape index (κ1) is 42.1. The summed E-state index contributed by atoms with van der Waals surface area (Å²) in [6, 6.07) is 29.9. The zero-order chi connectivity index (χ0) is 39.3. The second kappa shape index (κ2) is 19.1. The third-order valence-corrected chi connectivity index (χ3v) is 11.3. The van der Waals surface area contributed by atoms with Crippen molar-refractivity contribution in [2.24, 2.45) is 0 Å². The van der Waals surface area contributed by atoms with Crippen LogP contribution in [0.4, 0.5) is 0 Å². The van der Waals surface area contributed by atoms with E-state index in [1.165, 1.54) is 48.8 Å². The zero-order valence-corrected chi connectivity index (χ0v) is 31.8. The second-order valence-corrected chi connectivity index (χ2v) is 16.1. The lowest BCUT2D eigenvalue weighted by Crippen LogP contribution is -2.21. The van der Waals surface area contributed by atoms with E-state index in [1.54, 1.807) is 91.3 Å². The van der Waals surface area contributed by atoms with Gasteiger partial charge in [0.15, 0.2) is 0 Å². The number of sulfone groups is 3. The summed E-state index contributed by atoms with van der Waals surface area (Å²) in [7, 11) is -11.2. The molecule has 56 heavy (non-hydrogen) atoms. The molecule has 4 aromatic heterocycles. The van der Waals surface area contributed by atoms with Gasteiger partial charge in [-0.3, -0.25) is 9.97 Å². The van der Waals surface area contributed by atoms with Crippen LogP contribution in [0.3, 0.4) is 0 Å². The van der Waals surface area contributed by atoms with Gasteiger partial charge in [-0.1, -0.05) is 54.6 Å². The number of H-pyrrole nitrogens is 1. The first-order valence-corrected chi connectivity index (χ1v) is 20.1. The molecule has 0 unspecified atom stereocenters. The topological polar surface area (TPSA) is 244 Å². The fraction of sp³-hybridized carbons (Fsp3) is 0. The number of nitrogens with zero attached hydrogens (tertiary/aromatic N) is 9. The van der Waals surface area contributed by atoms with Gasteiger partial charge in [0.2, 0.25) is 29.5 Å². The smallest absolute Gasteiger partial charge is 0.262 e. The average molecular weight is 837 g/mol. The molecule has 7 aromatic rings. The number of hydrogen-bond acceptors (Lipinski definition) is 14. The van der Waals surface area contributed by atoms with E-state index in [2.05, 4.69) is 35.9 Å². The van der Waals surface area contributed by atoms with Crippen molar-refractivity contribution in [1.82, 2.24) is 50.0 Å². The molecule has 7 rings (SSSR count). The number of nitrogens with one attached hydrogen (secondary N) is 1. The van der Waals surface area contributed by atoms with Crippen LogP contribution in [-0.4, -0.2) is 75.2 Å². The Kier molecular flexibility index (Phi) is 14.3. The molecule has 0 amide bonds. The summed E-state index contributed by atoms with van der Waals surface area (Å²) in [4.78, 5) is 31.1. The van der Waals surface area contributed by atoms with Gasteiger partial charge in [-0.25, -0.2) is 39.9 Å². The molecule has 0 radical (unpaired) electrons. The van der Waals surface area contributed by atoms with Crippen molar-refractivity contribution in [2.75, 3.05) is 0 Å². The summed E-state index contributed by atoms with van der Waals surface area (Å²) in [6.45, 7) is 0. The molecule has 0 atom stereocenters. The molecule has 0 aliphatic heterocycles. The minimum absolute atomic E-state index is 0. The Bertz CT molecular complexity index is 2770. The van der Waals surface area contributed by atoms with Crippen LogP contribution in [0.2, 0.25) is 0 Å². The summed E-state index contributed by atoms with van der Waals surface area (Å²) >= 11 is 0. The number of hydrogen-bond donors (Lipinski definition) is 1. The van der Waals surface area contributed by atoms with Crippen molar-refractivity contribution in [3.8, 4) is 11.4 Å². The first-order valence-electron chi connectivity index (χ1n) is 15.5. The van der Waals surface area contributed by atoms with Gasteiger partial charge >= 0.3 is 11.4 Å². The predicted molar refractivity (Wildman–Crippen MR) is 206 cm³/mol. The quantitative estimate of drug-likeness (QED) is 0.220. The lowest BCUT2D eigenvalue weighted by Gasteiger charge is -2.00. The molecule has 0 aliphatic carbocycles. The maximum Gasteiger partial charge on any atom is 0.372 e. The maximum absolute atomic E-state index is 12.1. The Morgan fingerprint density at radius 2 is 0.929 bits per heavy atom. The van der Waals surface area contributed by atoms with Crippen LogP contribution < -0.4 is 11.4 Å². The lowest BCUT2D eigenvalue weighted by molar-refractivity contribution is 0.600.